The van der Waals surface area contributed by atoms with Gasteiger partial charge in [0, 0.05) is 13.1 Å². The highest BCUT2D eigenvalue weighted by Gasteiger charge is 2.29. The number of halogens is 1. The van der Waals surface area contributed by atoms with Gasteiger partial charge in [-0.2, -0.15) is 4.31 Å². The topological polar surface area (TPSA) is 37.4 Å². The summed E-state index contributed by atoms with van der Waals surface area (Å²) in [6.45, 7) is 2.48. The molecule has 2 aromatic rings. The molecule has 1 aliphatic rings. The van der Waals surface area contributed by atoms with Crippen molar-refractivity contribution in [1.82, 2.24) is 4.31 Å². The first-order chi connectivity index (χ1) is 12.5. The summed E-state index contributed by atoms with van der Waals surface area (Å²) in [6.07, 6.45) is 6.39. The molecule has 0 aromatic heterocycles. The minimum Gasteiger partial charge on any atom is -0.207 e. The zero-order chi connectivity index (χ0) is 18.6. The molecule has 0 saturated heterocycles. The third-order valence-electron chi connectivity index (χ3n) is 4.98. The maximum atomic E-state index is 13.4. The monoisotopic (exact) mass is 374 g/mol. The third-order valence-corrected chi connectivity index (χ3v) is 6.95. The van der Waals surface area contributed by atoms with Crippen LogP contribution in [0.25, 0.3) is 0 Å². The lowest BCUT2D eigenvalue weighted by atomic mass is 9.89. The van der Waals surface area contributed by atoms with E-state index in [0.717, 1.165) is 31.2 Å². The van der Waals surface area contributed by atoms with Crippen molar-refractivity contribution in [1.29, 1.82) is 0 Å². The molecule has 1 fully saturated rings. The minimum atomic E-state index is -3.69. The van der Waals surface area contributed by atoms with E-state index in [-0.39, 0.29) is 4.90 Å². The van der Waals surface area contributed by atoms with E-state index in [9.17, 15) is 12.8 Å². The second-order valence-corrected chi connectivity index (χ2v) is 8.91. The van der Waals surface area contributed by atoms with Crippen molar-refractivity contribution in [2.45, 2.75) is 44.0 Å². The number of hydrogen-bond acceptors (Lipinski definition) is 2. The van der Waals surface area contributed by atoms with Crippen LogP contribution in [-0.2, 0) is 16.6 Å². The van der Waals surface area contributed by atoms with Gasteiger partial charge in [-0.25, -0.2) is 12.8 Å². The van der Waals surface area contributed by atoms with E-state index in [0.29, 0.717) is 24.6 Å². The molecule has 3 rings (SSSR count). The number of benzene rings is 2. The molecule has 1 aliphatic carbocycles. The smallest absolute Gasteiger partial charge is 0.207 e. The van der Waals surface area contributed by atoms with Gasteiger partial charge in [-0.15, -0.1) is 0 Å². The summed E-state index contributed by atoms with van der Waals surface area (Å²) < 4.78 is 41.7. The molecule has 0 atom stereocenters. The first kappa shape index (κ1) is 19.1. The number of nitrogens with zero attached hydrogens (tertiary/aromatic N) is 1. The summed E-state index contributed by atoms with van der Waals surface area (Å²) >= 11 is 0. The van der Waals surface area contributed by atoms with Crippen LogP contribution in [0.5, 0.6) is 0 Å². The van der Waals surface area contributed by atoms with Gasteiger partial charge in [0.25, 0.3) is 0 Å². The van der Waals surface area contributed by atoms with Crippen LogP contribution < -0.4 is 0 Å². The normalized spacial score (nSPS) is 16.1. The van der Waals surface area contributed by atoms with Crippen molar-refractivity contribution in [2.24, 2.45) is 5.92 Å². The van der Waals surface area contributed by atoms with Crippen molar-refractivity contribution in [3.8, 4) is 0 Å². The Bertz CT molecular complexity index is 830. The Kier molecular flexibility index (Phi) is 6.09. The summed E-state index contributed by atoms with van der Waals surface area (Å²) in [5.74, 6) is -0.0573. The maximum Gasteiger partial charge on any atom is 0.243 e. The van der Waals surface area contributed by atoms with Crippen LogP contribution in [0.2, 0.25) is 0 Å². The van der Waals surface area contributed by atoms with Gasteiger partial charge < -0.3 is 0 Å². The second-order valence-electron chi connectivity index (χ2n) is 7.00. The highest BCUT2D eigenvalue weighted by molar-refractivity contribution is 7.89. The first-order valence-electron chi connectivity index (χ1n) is 9.08. The number of hydrogen-bond donors (Lipinski definition) is 0. The molecule has 139 valence electrons. The van der Waals surface area contributed by atoms with Crippen molar-refractivity contribution in [3.05, 3.63) is 71.9 Å². The molecule has 0 amide bonds. The van der Waals surface area contributed by atoms with Crippen LogP contribution in [0, 0.1) is 25.1 Å². The fourth-order valence-electron chi connectivity index (χ4n) is 3.54. The summed E-state index contributed by atoms with van der Waals surface area (Å²) in [6, 6.07) is 13.5. The number of rotatable bonds is 6. The molecule has 0 unspecified atom stereocenters. The molecular weight excluding hydrogens is 349 g/mol. The minimum absolute atomic E-state index is 0.192. The Morgan fingerprint density at radius 3 is 2.42 bits per heavy atom. The molecule has 0 N–H and O–H groups in total. The largest absolute Gasteiger partial charge is 0.243 e. The molecule has 0 spiro atoms. The van der Waals surface area contributed by atoms with Crippen LogP contribution in [0.4, 0.5) is 4.39 Å². The van der Waals surface area contributed by atoms with Crippen LogP contribution >= 0.6 is 0 Å². The zero-order valence-electron chi connectivity index (χ0n) is 15.1. The molecule has 1 saturated carbocycles. The van der Waals surface area contributed by atoms with E-state index in [1.54, 1.807) is 11.2 Å². The summed E-state index contributed by atoms with van der Waals surface area (Å²) in [5.41, 5.74) is 1.40. The SMILES string of the molecule is Cc1cc(F)ccc1S(=O)(=O)N(Cc1ccccc1)CC1CC[CH]CC1. The van der Waals surface area contributed by atoms with Gasteiger partial charge in [0.15, 0.2) is 0 Å². The van der Waals surface area contributed by atoms with Gasteiger partial charge in [0.05, 0.1) is 4.90 Å². The lowest BCUT2D eigenvalue weighted by Crippen LogP contribution is -2.36. The average molecular weight is 375 g/mol. The molecule has 0 bridgehead atoms. The van der Waals surface area contributed by atoms with Gasteiger partial charge in [-0.3, -0.25) is 0 Å². The van der Waals surface area contributed by atoms with E-state index in [4.69, 9.17) is 0 Å². The molecular formula is C21H25FNO2S. The average Bonchev–Trinajstić information content (AvgIpc) is 2.62. The summed E-state index contributed by atoms with van der Waals surface area (Å²) in [4.78, 5) is 0.192. The second kappa shape index (κ2) is 8.31. The highest BCUT2D eigenvalue weighted by atomic mass is 32.2. The standard InChI is InChI=1S/C21H25FNO2S/c1-17-14-20(22)12-13-21(17)26(24,25)23(15-18-8-4-2-5-9-18)16-19-10-6-3-7-11-19/h2-5,8-9,12-14,19H,6-7,10-11,15-16H2,1H3. The molecule has 5 heteroatoms. The predicted molar refractivity (Wildman–Crippen MR) is 101 cm³/mol. The Morgan fingerprint density at radius 1 is 1.08 bits per heavy atom. The van der Waals surface area contributed by atoms with Crippen molar-refractivity contribution in [2.75, 3.05) is 6.54 Å². The lowest BCUT2D eigenvalue weighted by molar-refractivity contribution is 0.295. The maximum absolute atomic E-state index is 13.4. The lowest BCUT2D eigenvalue weighted by Gasteiger charge is -2.29. The summed E-state index contributed by atoms with van der Waals surface area (Å²) in [5, 5.41) is 0. The van der Waals surface area contributed by atoms with Crippen molar-refractivity contribution >= 4 is 10.0 Å². The van der Waals surface area contributed by atoms with Crippen molar-refractivity contribution in [3.63, 3.8) is 0 Å². The quantitative estimate of drug-likeness (QED) is 0.734. The Balaban J connectivity index is 1.92. The number of aryl methyl sites for hydroxylation is 1. The fraction of sp³-hybridized carbons (Fsp3) is 0.381. The van der Waals surface area contributed by atoms with Gasteiger partial charge in [0.2, 0.25) is 10.0 Å². The van der Waals surface area contributed by atoms with Crippen LogP contribution in [0.1, 0.15) is 36.8 Å². The van der Waals surface area contributed by atoms with Gasteiger partial charge in [-0.1, -0.05) is 30.3 Å². The first-order valence-corrected chi connectivity index (χ1v) is 10.5. The molecule has 0 heterocycles. The molecule has 26 heavy (non-hydrogen) atoms. The Morgan fingerprint density at radius 2 is 1.77 bits per heavy atom. The zero-order valence-corrected chi connectivity index (χ0v) is 15.9. The molecule has 2 aromatic carbocycles. The molecule has 0 aliphatic heterocycles. The van der Waals surface area contributed by atoms with E-state index < -0.39 is 15.8 Å². The molecule has 3 nitrogen and oxygen atoms in total. The molecule has 1 radical (unpaired) electrons. The summed E-state index contributed by atoms with van der Waals surface area (Å²) in [7, 11) is -3.69. The van der Waals surface area contributed by atoms with Gasteiger partial charge >= 0.3 is 0 Å². The third kappa shape index (κ3) is 4.51. The number of sulfonamides is 1. The highest BCUT2D eigenvalue weighted by Crippen LogP contribution is 2.28. The van der Waals surface area contributed by atoms with Crippen LogP contribution in [0.3, 0.4) is 0 Å². The fourth-order valence-corrected chi connectivity index (χ4v) is 5.25. The Labute approximate surface area is 155 Å². The van der Waals surface area contributed by atoms with E-state index >= 15 is 0 Å². The van der Waals surface area contributed by atoms with E-state index in [2.05, 4.69) is 6.42 Å². The van der Waals surface area contributed by atoms with Crippen molar-refractivity contribution < 1.29 is 12.8 Å². The predicted octanol–water partition coefficient (Wildman–Crippen LogP) is 4.72. The van der Waals surface area contributed by atoms with Gasteiger partial charge in [0.1, 0.15) is 5.82 Å². The van der Waals surface area contributed by atoms with Crippen LogP contribution in [0.15, 0.2) is 53.4 Å². The van der Waals surface area contributed by atoms with Gasteiger partial charge in [-0.05, 0) is 74.3 Å². The Hall–Kier alpha value is -1.72. The van der Waals surface area contributed by atoms with E-state index in [1.807, 2.05) is 30.3 Å². The van der Waals surface area contributed by atoms with E-state index in [1.165, 1.54) is 18.2 Å². The van der Waals surface area contributed by atoms with Crippen LogP contribution in [-0.4, -0.2) is 19.3 Å².